The molecule has 0 unspecified atom stereocenters. The van der Waals surface area contributed by atoms with Gasteiger partial charge in [-0.15, -0.1) is 0 Å². The van der Waals surface area contributed by atoms with E-state index in [0.717, 1.165) is 29.8 Å². The van der Waals surface area contributed by atoms with Gasteiger partial charge in [-0.05, 0) is 12.0 Å². The van der Waals surface area contributed by atoms with Crippen molar-refractivity contribution in [2.45, 2.75) is 12.5 Å². The summed E-state index contributed by atoms with van der Waals surface area (Å²) in [5.74, 6) is 0.157. The second kappa shape index (κ2) is 7.54. The number of amides is 1. The number of hydrogen-bond donors (Lipinski definition) is 2. The molecule has 132 valence electrons. The number of nitrogens with one attached hydrogen (secondary N) is 2. The maximum Gasteiger partial charge on any atom is 0.255 e. The van der Waals surface area contributed by atoms with E-state index in [9.17, 15) is 4.79 Å². The lowest BCUT2D eigenvalue weighted by Gasteiger charge is -2.19. The molecule has 2 heterocycles. The van der Waals surface area contributed by atoms with Gasteiger partial charge in [0.25, 0.3) is 5.91 Å². The largest absolute Gasteiger partial charge is 0.373 e. The number of aromatic amines is 1. The molecule has 4 rings (SSSR count). The maximum absolute atomic E-state index is 12.7. The Kier molecular flexibility index (Phi) is 4.80. The molecular formula is C21H21N3O2. The van der Waals surface area contributed by atoms with Crippen LogP contribution in [0.3, 0.4) is 0 Å². The first-order chi connectivity index (χ1) is 12.8. The van der Waals surface area contributed by atoms with E-state index >= 15 is 0 Å². The van der Waals surface area contributed by atoms with Crippen LogP contribution in [0.5, 0.6) is 0 Å². The van der Waals surface area contributed by atoms with E-state index in [1.807, 2.05) is 48.5 Å². The molecular weight excluding hydrogens is 326 g/mol. The van der Waals surface area contributed by atoms with E-state index in [-0.39, 0.29) is 17.9 Å². The van der Waals surface area contributed by atoms with Gasteiger partial charge in [0.1, 0.15) is 0 Å². The van der Waals surface area contributed by atoms with E-state index in [1.165, 1.54) is 0 Å². The molecule has 0 radical (unpaired) electrons. The Morgan fingerprint density at radius 3 is 2.62 bits per heavy atom. The third-order valence-electron chi connectivity index (χ3n) is 4.81. The first-order valence-electron chi connectivity index (χ1n) is 8.86. The molecule has 2 aromatic carbocycles. The predicted molar refractivity (Wildman–Crippen MR) is 99.6 cm³/mol. The third kappa shape index (κ3) is 3.39. The van der Waals surface area contributed by atoms with Gasteiger partial charge in [-0.3, -0.25) is 9.89 Å². The van der Waals surface area contributed by atoms with Gasteiger partial charge in [-0.25, -0.2) is 0 Å². The van der Waals surface area contributed by atoms with Crippen LogP contribution in [-0.2, 0) is 4.74 Å². The normalized spacial score (nSPS) is 19.4. The fourth-order valence-electron chi connectivity index (χ4n) is 3.46. The molecule has 2 N–H and O–H groups in total. The topological polar surface area (TPSA) is 67.0 Å². The van der Waals surface area contributed by atoms with E-state index in [4.69, 9.17) is 4.74 Å². The number of carbonyl (C=O) groups is 1. The molecule has 0 saturated carbocycles. The van der Waals surface area contributed by atoms with Crippen LogP contribution in [0.1, 0.15) is 28.4 Å². The zero-order valence-corrected chi connectivity index (χ0v) is 14.4. The summed E-state index contributed by atoms with van der Waals surface area (Å²) in [5.41, 5.74) is 3.41. The Labute approximate surface area is 152 Å². The van der Waals surface area contributed by atoms with Gasteiger partial charge in [-0.1, -0.05) is 60.7 Å². The molecule has 1 aliphatic heterocycles. The first-order valence-corrected chi connectivity index (χ1v) is 8.86. The van der Waals surface area contributed by atoms with Gasteiger partial charge in [0.2, 0.25) is 0 Å². The Balaban J connectivity index is 1.44. The minimum absolute atomic E-state index is 0.0365. The zero-order chi connectivity index (χ0) is 17.8. The van der Waals surface area contributed by atoms with Gasteiger partial charge in [0.05, 0.1) is 23.6 Å². The van der Waals surface area contributed by atoms with Crippen LogP contribution in [0.15, 0.2) is 66.9 Å². The molecule has 5 nitrogen and oxygen atoms in total. The second-order valence-corrected chi connectivity index (χ2v) is 6.49. The van der Waals surface area contributed by atoms with Crippen molar-refractivity contribution < 1.29 is 9.53 Å². The van der Waals surface area contributed by atoms with Gasteiger partial charge < -0.3 is 10.1 Å². The quantitative estimate of drug-likeness (QED) is 0.741. The van der Waals surface area contributed by atoms with Crippen molar-refractivity contribution in [2.24, 2.45) is 5.92 Å². The number of hydrogen-bond acceptors (Lipinski definition) is 3. The molecule has 5 heteroatoms. The lowest BCUT2D eigenvalue weighted by atomic mass is 9.95. The maximum atomic E-state index is 12.7. The van der Waals surface area contributed by atoms with E-state index in [0.29, 0.717) is 12.1 Å². The van der Waals surface area contributed by atoms with Crippen molar-refractivity contribution in [3.8, 4) is 11.3 Å². The molecule has 2 atom stereocenters. The van der Waals surface area contributed by atoms with Gasteiger partial charge >= 0.3 is 0 Å². The first kappa shape index (κ1) is 16.5. The lowest BCUT2D eigenvalue weighted by molar-refractivity contribution is 0.0846. The van der Waals surface area contributed by atoms with Crippen LogP contribution < -0.4 is 5.32 Å². The Morgan fingerprint density at radius 2 is 1.85 bits per heavy atom. The van der Waals surface area contributed by atoms with E-state index < -0.39 is 0 Å². The fraction of sp³-hybridized carbons (Fsp3) is 0.238. The summed E-state index contributed by atoms with van der Waals surface area (Å²) in [6, 6.07) is 19.9. The number of H-pyrrole nitrogens is 1. The van der Waals surface area contributed by atoms with Crippen LogP contribution in [0.2, 0.25) is 0 Å². The Bertz CT molecular complexity index is 861. The van der Waals surface area contributed by atoms with Gasteiger partial charge in [-0.2, -0.15) is 5.10 Å². The van der Waals surface area contributed by atoms with Crippen molar-refractivity contribution in [1.82, 2.24) is 15.5 Å². The molecule has 0 aliphatic carbocycles. The van der Waals surface area contributed by atoms with Crippen molar-refractivity contribution in [3.05, 3.63) is 78.0 Å². The molecule has 1 amide bonds. The monoisotopic (exact) mass is 347 g/mol. The minimum Gasteiger partial charge on any atom is -0.373 e. The molecule has 1 aliphatic rings. The fourth-order valence-corrected chi connectivity index (χ4v) is 3.46. The third-order valence-corrected chi connectivity index (χ3v) is 4.81. The van der Waals surface area contributed by atoms with Crippen LogP contribution >= 0.6 is 0 Å². The van der Waals surface area contributed by atoms with Gasteiger partial charge in [0.15, 0.2) is 0 Å². The molecule has 1 aromatic heterocycles. The van der Waals surface area contributed by atoms with E-state index in [1.54, 1.807) is 6.20 Å². The highest BCUT2D eigenvalue weighted by Crippen LogP contribution is 2.34. The van der Waals surface area contributed by atoms with Crippen LogP contribution in [-0.4, -0.2) is 29.3 Å². The van der Waals surface area contributed by atoms with Crippen molar-refractivity contribution in [1.29, 1.82) is 0 Å². The SMILES string of the molecule is O=C(NC[C@@H]1CCO[C@H]1c1ccccc1)c1cn[nH]c1-c1ccccc1. The highest BCUT2D eigenvalue weighted by molar-refractivity contribution is 5.99. The molecule has 1 fully saturated rings. The van der Waals surface area contributed by atoms with Gasteiger partial charge in [0, 0.05) is 24.6 Å². The summed E-state index contributed by atoms with van der Waals surface area (Å²) in [4.78, 5) is 12.7. The number of carbonyl (C=O) groups excluding carboxylic acids is 1. The van der Waals surface area contributed by atoms with Crippen LogP contribution in [0.25, 0.3) is 11.3 Å². The smallest absolute Gasteiger partial charge is 0.255 e. The minimum atomic E-state index is -0.115. The van der Waals surface area contributed by atoms with Crippen molar-refractivity contribution >= 4 is 5.91 Å². The van der Waals surface area contributed by atoms with E-state index in [2.05, 4.69) is 27.6 Å². The molecule has 26 heavy (non-hydrogen) atoms. The Hall–Kier alpha value is -2.92. The summed E-state index contributed by atoms with van der Waals surface area (Å²) in [7, 11) is 0. The summed E-state index contributed by atoms with van der Waals surface area (Å²) in [6.45, 7) is 1.30. The number of benzene rings is 2. The average molecular weight is 347 g/mol. The standard InChI is InChI=1S/C21H21N3O2/c25-21(18-14-23-24-19(18)15-7-3-1-4-8-15)22-13-17-11-12-26-20(17)16-9-5-2-6-10-16/h1-10,14,17,20H,11-13H2,(H,22,25)(H,23,24)/t17-,20-/m0/s1. The predicted octanol–water partition coefficient (Wildman–Crippen LogP) is 3.58. The van der Waals surface area contributed by atoms with Crippen LogP contribution in [0.4, 0.5) is 0 Å². The molecule has 0 spiro atoms. The summed E-state index contributed by atoms with van der Waals surface area (Å²) in [5, 5.41) is 10.0. The number of ether oxygens (including phenoxy) is 1. The zero-order valence-electron chi connectivity index (χ0n) is 14.4. The number of aromatic nitrogens is 2. The summed E-state index contributed by atoms with van der Waals surface area (Å²) >= 11 is 0. The summed E-state index contributed by atoms with van der Waals surface area (Å²) in [6.07, 6.45) is 2.56. The number of nitrogens with zero attached hydrogens (tertiary/aromatic N) is 1. The van der Waals surface area contributed by atoms with Crippen molar-refractivity contribution in [2.75, 3.05) is 13.2 Å². The Morgan fingerprint density at radius 1 is 1.12 bits per heavy atom. The second-order valence-electron chi connectivity index (χ2n) is 6.49. The van der Waals surface area contributed by atoms with Crippen molar-refractivity contribution in [3.63, 3.8) is 0 Å². The summed E-state index contributed by atoms with van der Waals surface area (Å²) < 4.78 is 5.90. The average Bonchev–Trinajstić information content (AvgIpc) is 3.37. The highest BCUT2D eigenvalue weighted by atomic mass is 16.5. The van der Waals surface area contributed by atoms with Crippen LogP contribution in [0, 0.1) is 5.92 Å². The lowest BCUT2D eigenvalue weighted by Crippen LogP contribution is -2.30. The highest BCUT2D eigenvalue weighted by Gasteiger charge is 2.30. The number of rotatable bonds is 5. The molecule has 1 saturated heterocycles. The molecule has 3 aromatic rings. The molecule has 0 bridgehead atoms.